The van der Waals surface area contributed by atoms with E-state index in [2.05, 4.69) is 9.97 Å². The first-order valence-electron chi connectivity index (χ1n) is 9.00. The lowest BCUT2D eigenvalue weighted by molar-refractivity contribution is -0.269. The number of benzene rings is 1. The predicted octanol–water partition coefficient (Wildman–Crippen LogP) is 3.44. The molecule has 1 aromatic carbocycles. The van der Waals surface area contributed by atoms with E-state index < -0.39 is 51.3 Å². The number of carboxylic acids is 1. The van der Waals surface area contributed by atoms with Crippen molar-refractivity contribution in [3.05, 3.63) is 48.4 Å². The number of halogens is 3. The highest BCUT2D eigenvalue weighted by Crippen LogP contribution is 2.41. The van der Waals surface area contributed by atoms with Gasteiger partial charge in [-0.25, -0.2) is 4.21 Å². The van der Waals surface area contributed by atoms with E-state index in [9.17, 15) is 27.3 Å². The van der Waals surface area contributed by atoms with Crippen LogP contribution < -0.4 is 0 Å². The maximum atomic E-state index is 13.7. The maximum absolute atomic E-state index is 13.7. The van der Waals surface area contributed by atoms with Crippen LogP contribution in [0.15, 0.2) is 42.7 Å². The standard InChI is InChI=1S/C19H22F3N3O4S/c1-13(17(26)27)7-9-30(23,29)10-8-18(28,19(20,21)22)16-12-24-15(11-25-16)14-5-3-2-4-6-14/h2-6,11-13,23,28H,7-10H2,1H3,(H,26,27)/t13-,18?,30?/m0/s1. The summed E-state index contributed by atoms with van der Waals surface area (Å²) >= 11 is 0. The van der Waals surface area contributed by atoms with Gasteiger partial charge in [0.25, 0.3) is 0 Å². The summed E-state index contributed by atoms with van der Waals surface area (Å²) in [6.45, 7) is 1.35. The summed E-state index contributed by atoms with van der Waals surface area (Å²) in [5.41, 5.74) is -3.24. The average molecular weight is 445 g/mol. The Morgan fingerprint density at radius 2 is 1.80 bits per heavy atom. The van der Waals surface area contributed by atoms with Gasteiger partial charge in [0.1, 0.15) is 0 Å². The molecule has 0 saturated carbocycles. The van der Waals surface area contributed by atoms with Crippen LogP contribution >= 0.6 is 0 Å². The Morgan fingerprint density at radius 3 is 2.30 bits per heavy atom. The molecule has 0 fully saturated rings. The van der Waals surface area contributed by atoms with E-state index in [0.717, 1.165) is 12.4 Å². The van der Waals surface area contributed by atoms with Crippen LogP contribution in [0.4, 0.5) is 13.2 Å². The van der Waals surface area contributed by atoms with E-state index in [4.69, 9.17) is 9.89 Å². The smallest absolute Gasteiger partial charge is 0.423 e. The van der Waals surface area contributed by atoms with E-state index in [1.807, 2.05) is 0 Å². The zero-order valence-corrected chi connectivity index (χ0v) is 16.9. The maximum Gasteiger partial charge on any atom is 0.423 e. The highest BCUT2D eigenvalue weighted by Gasteiger charge is 2.56. The fraction of sp³-hybridized carbons (Fsp3) is 0.421. The van der Waals surface area contributed by atoms with Crippen LogP contribution in [0.2, 0.25) is 0 Å². The minimum Gasteiger partial charge on any atom is -0.481 e. The second-order valence-electron chi connectivity index (χ2n) is 7.01. The molecule has 11 heteroatoms. The number of alkyl halides is 3. The Bertz CT molecular complexity index is 967. The van der Waals surface area contributed by atoms with Gasteiger partial charge in [-0.1, -0.05) is 37.3 Å². The van der Waals surface area contributed by atoms with Crippen LogP contribution in [-0.2, 0) is 20.1 Å². The average Bonchev–Trinajstić information content (AvgIpc) is 2.70. The number of nitrogens with one attached hydrogen (secondary N) is 1. The first-order chi connectivity index (χ1) is 13.9. The lowest BCUT2D eigenvalue weighted by atomic mass is 9.96. The number of hydrogen-bond acceptors (Lipinski definition) is 6. The molecule has 1 heterocycles. The van der Waals surface area contributed by atoms with Crippen LogP contribution in [0.1, 0.15) is 25.5 Å². The topological polar surface area (TPSA) is 124 Å². The Balaban J connectivity index is 2.21. The summed E-state index contributed by atoms with van der Waals surface area (Å²) < 4.78 is 61.1. The van der Waals surface area contributed by atoms with Gasteiger partial charge in [-0.2, -0.15) is 13.2 Å². The van der Waals surface area contributed by atoms with Crippen molar-refractivity contribution in [3.8, 4) is 11.3 Å². The van der Waals surface area contributed by atoms with Gasteiger partial charge in [0.15, 0.2) is 0 Å². The van der Waals surface area contributed by atoms with E-state index in [1.54, 1.807) is 30.3 Å². The fourth-order valence-electron chi connectivity index (χ4n) is 2.62. The first-order valence-corrected chi connectivity index (χ1v) is 10.9. The quantitative estimate of drug-likeness (QED) is 0.543. The van der Waals surface area contributed by atoms with Gasteiger partial charge < -0.3 is 10.2 Å². The van der Waals surface area contributed by atoms with Gasteiger partial charge in [-0.15, -0.1) is 0 Å². The van der Waals surface area contributed by atoms with E-state index in [1.165, 1.54) is 6.92 Å². The molecule has 7 nitrogen and oxygen atoms in total. The van der Waals surface area contributed by atoms with Gasteiger partial charge >= 0.3 is 12.1 Å². The molecule has 3 atom stereocenters. The van der Waals surface area contributed by atoms with Crippen molar-refractivity contribution in [1.29, 1.82) is 4.78 Å². The molecule has 3 N–H and O–H groups in total. The monoisotopic (exact) mass is 445 g/mol. The molecule has 0 amide bonds. The van der Waals surface area contributed by atoms with Crippen LogP contribution in [0.5, 0.6) is 0 Å². The molecule has 0 aliphatic heterocycles. The summed E-state index contributed by atoms with van der Waals surface area (Å²) in [5.74, 6) is -3.18. The number of aliphatic carboxylic acids is 1. The minimum atomic E-state index is -5.14. The first kappa shape index (κ1) is 23.7. The van der Waals surface area contributed by atoms with E-state index in [-0.39, 0.29) is 12.2 Å². The third kappa shape index (κ3) is 5.76. The number of nitrogens with zero attached hydrogens (tertiary/aromatic N) is 2. The Labute approximate surface area is 172 Å². The molecule has 0 aliphatic carbocycles. The second kappa shape index (κ2) is 9.09. The normalized spacial score (nSPS) is 17.0. The molecular weight excluding hydrogens is 423 g/mol. The van der Waals surface area contributed by atoms with Crippen molar-refractivity contribution in [2.45, 2.75) is 31.5 Å². The highest BCUT2D eigenvalue weighted by molar-refractivity contribution is 7.92. The molecule has 0 spiro atoms. The largest absolute Gasteiger partial charge is 0.481 e. The summed E-state index contributed by atoms with van der Waals surface area (Å²) in [5, 5.41) is 19.2. The molecule has 0 aliphatic rings. The summed E-state index contributed by atoms with van der Waals surface area (Å²) in [7, 11) is -3.53. The summed E-state index contributed by atoms with van der Waals surface area (Å²) in [4.78, 5) is 18.5. The van der Waals surface area contributed by atoms with Crippen molar-refractivity contribution in [2.24, 2.45) is 5.92 Å². The molecule has 2 rings (SSSR count). The molecular formula is C19H22F3N3O4S. The van der Waals surface area contributed by atoms with Crippen molar-refractivity contribution in [3.63, 3.8) is 0 Å². The van der Waals surface area contributed by atoms with Crippen molar-refractivity contribution in [2.75, 3.05) is 11.5 Å². The summed E-state index contributed by atoms with van der Waals surface area (Å²) in [6.07, 6.45) is -4.39. The molecule has 2 aromatic rings. The zero-order valence-electron chi connectivity index (χ0n) is 16.1. The van der Waals surface area contributed by atoms with E-state index in [0.29, 0.717) is 11.3 Å². The van der Waals surface area contributed by atoms with Gasteiger partial charge in [0.05, 0.1) is 29.7 Å². The summed E-state index contributed by atoms with van der Waals surface area (Å²) in [6, 6.07) is 8.63. The van der Waals surface area contributed by atoms with Gasteiger partial charge in [-0.3, -0.25) is 19.5 Å². The molecule has 0 radical (unpaired) electrons. The fourth-order valence-corrected chi connectivity index (χ4v) is 4.18. The Hall–Kier alpha value is -2.53. The number of hydrogen-bond donors (Lipinski definition) is 3. The SMILES string of the molecule is C[C@@H](CCS(=N)(=O)CCC(O)(c1cnc(-c2ccccc2)cn1)C(F)(F)F)C(=O)O. The zero-order chi connectivity index (χ0) is 22.6. The number of carbonyl (C=O) groups is 1. The Morgan fingerprint density at radius 1 is 1.17 bits per heavy atom. The highest BCUT2D eigenvalue weighted by atomic mass is 32.2. The van der Waals surface area contributed by atoms with Gasteiger partial charge in [0, 0.05) is 33.2 Å². The molecule has 1 aromatic heterocycles. The predicted molar refractivity (Wildman–Crippen MR) is 104 cm³/mol. The van der Waals surface area contributed by atoms with Gasteiger partial charge in [0.2, 0.25) is 5.60 Å². The van der Waals surface area contributed by atoms with Crippen molar-refractivity contribution in [1.82, 2.24) is 9.97 Å². The number of aliphatic hydroxyl groups is 1. The lowest BCUT2D eigenvalue weighted by Crippen LogP contribution is -2.44. The molecule has 0 bridgehead atoms. The number of rotatable bonds is 9. The third-order valence-corrected chi connectivity index (χ3v) is 6.47. The minimum absolute atomic E-state index is 0.117. The lowest BCUT2D eigenvalue weighted by Gasteiger charge is -2.30. The molecule has 0 saturated heterocycles. The molecule has 164 valence electrons. The van der Waals surface area contributed by atoms with Crippen molar-refractivity contribution < 1.29 is 32.4 Å². The number of aromatic nitrogens is 2. The van der Waals surface area contributed by atoms with Gasteiger partial charge in [-0.05, 0) is 6.42 Å². The van der Waals surface area contributed by atoms with Crippen LogP contribution in [-0.4, -0.2) is 48.0 Å². The molecule has 30 heavy (non-hydrogen) atoms. The molecule has 2 unspecified atom stereocenters. The van der Waals surface area contributed by atoms with E-state index >= 15 is 0 Å². The van der Waals surface area contributed by atoms with Crippen molar-refractivity contribution >= 4 is 15.7 Å². The number of carboxylic acid groups (broad SMARTS) is 1. The van der Waals surface area contributed by atoms with Crippen LogP contribution in [0, 0.1) is 10.7 Å². The van der Waals surface area contributed by atoms with Crippen LogP contribution in [0.25, 0.3) is 11.3 Å². The Kier molecular flexibility index (Phi) is 7.19. The third-order valence-electron chi connectivity index (χ3n) is 4.71. The second-order valence-corrected chi connectivity index (χ2v) is 9.45. The van der Waals surface area contributed by atoms with Crippen LogP contribution in [0.3, 0.4) is 0 Å².